The number of fused-ring (bicyclic) bond motifs is 1. The molecule has 5 aromatic rings. The van der Waals surface area contributed by atoms with E-state index in [-0.39, 0.29) is 10.6 Å². The Morgan fingerprint density at radius 2 is 1.51 bits per heavy atom. The molecular formula is C30H23Cl2NO2. The minimum Gasteiger partial charge on any atom is -0.457 e. The van der Waals surface area contributed by atoms with Crippen molar-refractivity contribution in [3.05, 3.63) is 128 Å². The summed E-state index contributed by atoms with van der Waals surface area (Å²) >= 11 is 12.8. The third kappa shape index (κ3) is 4.70. The molecule has 1 heterocycles. The largest absolute Gasteiger partial charge is 0.457 e. The summed E-state index contributed by atoms with van der Waals surface area (Å²) < 4.78 is 7.72. The lowest BCUT2D eigenvalue weighted by molar-refractivity contribution is 0.483. The molecule has 0 saturated heterocycles. The quantitative estimate of drug-likeness (QED) is 0.243. The van der Waals surface area contributed by atoms with Crippen LogP contribution in [0.4, 0.5) is 0 Å². The zero-order valence-corrected chi connectivity index (χ0v) is 20.9. The second-order valence-electron chi connectivity index (χ2n) is 8.62. The number of ether oxygens (including phenoxy) is 1. The maximum absolute atomic E-state index is 13.8. The molecule has 5 heteroatoms. The van der Waals surface area contributed by atoms with E-state index >= 15 is 0 Å². The highest BCUT2D eigenvalue weighted by Crippen LogP contribution is 2.32. The first kappa shape index (κ1) is 23.2. The molecule has 0 aliphatic heterocycles. The number of benzene rings is 4. The Morgan fingerprint density at radius 3 is 2.23 bits per heavy atom. The molecule has 0 radical (unpaired) electrons. The monoisotopic (exact) mass is 499 g/mol. The molecule has 35 heavy (non-hydrogen) atoms. The second kappa shape index (κ2) is 9.61. The Bertz CT molecular complexity index is 1590. The van der Waals surface area contributed by atoms with Crippen LogP contribution in [0.25, 0.3) is 22.0 Å². The lowest BCUT2D eigenvalue weighted by Crippen LogP contribution is -2.23. The van der Waals surface area contributed by atoms with Crippen molar-refractivity contribution in [2.24, 2.45) is 0 Å². The maximum Gasteiger partial charge on any atom is 0.260 e. The minimum absolute atomic E-state index is 0.172. The molecule has 0 saturated carbocycles. The van der Waals surface area contributed by atoms with Crippen LogP contribution in [0.15, 0.2) is 95.8 Å². The van der Waals surface area contributed by atoms with Gasteiger partial charge < -0.3 is 9.30 Å². The predicted octanol–water partition coefficient (Wildman–Crippen LogP) is 8.43. The number of hydrogen-bond acceptors (Lipinski definition) is 2. The van der Waals surface area contributed by atoms with Gasteiger partial charge in [0.2, 0.25) is 0 Å². The van der Waals surface area contributed by atoms with E-state index in [2.05, 4.69) is 32.0 Å². The van der Waals surface area contributed by atoms with E-state index in [1.54, 1.807) is 10.6 Å². The van der Waals surface area contributed by atoms with Crippen LogP contribution in [0.3, 0.4) is 0 Å². The fraction of sp³-hybridized carbons (Fsp3) is 0.100. The van der Waals surface area contributed by atoms with Gasteiger partial charge in [0.25, 0.3) is 5.56 Å². The van der Waals surface area contributed by atoms with E-state index in [1.807, 2.05) is 66.7 Å². The highest BCUT2D eigenvalue weighted by molar-refractivity contribution is 6.45. The van der Waals surface area contributed by atoms with Gasteiger partial charge in [-0.3, -0.25) is 4.79 Å². The summed E-state index contributed by atoms with van der Waals surface area (Å²) in [4.78, 5) is 13.8. The first-order valence-corrected chi connectivity index (χ1v) is 12.1. The van der Waals surface area contributed by atoms with Crippen LogP contribution < -0.4 is 10.3 Å². The number of para-hydroxylation sites is 1. The zero-order chi connectivity index (χ0) is 24.5. The average molecular weight is 500 g/mol. The van der Waals surface area contributed by atoms with Gasteiger partial charge >= 0.3 is 0 Å². The smallest absolute Gasteiger partial charge is 0.260 e. The van der Waals surface area contributed by atoms with Gasteiger partial charge in [0.1, 0.15) is 11.5 Å². The Morgan fingerprint density at radius 1 is 0.800 bits per heavy atom. The molecule has 0 atom stereocenters. The SMILES string of the molecule is Cc1ccc(Cn2c(-c3ccc(Oc4ccccc4)cc3)cc3ccc(Cl)c(Cl)c3c2=O)c(C)c1. The van der Waals surface area contributed by atoms with Gasteiger partial charge in [-0.25, -0.2) is 0 Å². The summed E-state index contributed by atoms with van der Waals surface area (Å²) in [7, 11) is 0. The predicted molar refractivity (Wildman–Crippen MR) is 145 cm³/mol. The van der Waals surface area contributed by atoms with Gasteiger partial charge in [0, 0.05) is 0 Å². The molecule has 0 N–H and O–H groups in total. The molecule has 0 unspecified atom stereocenters. The molecule has 0 aliphatic carbocycles. The van der Waals surface area contributed by atoms with Gasteiger partial charge in [-0.15, -0.1) is 0 Å². The molecule has 0 fully saturated rings. The second-order valence-corrected chi connectivity index (χ2v) is 9.40. The van der Waals surface area contributed by atoms with Gasteiger partial charge in [-0.05, 0) is 84.5 Å². The standard InChI is InChI=1S/C30H23Cl2NO2/c1-19-8-9-23(20(2)16-19)18-33-27(17-22-12-15-26(31)29(32)28(22)30(33)34)21-10-13-25(14-11-21)35-24-6-4-3-5-7-24/h3-17H,18H2,1-2H3. The number of nitrogens with zero attached hydrogens (tertiary/aromatic N) is 1. The normalized spacial score (nSPS) is 11.1. The molecule has 4 aromatic carbocycles. The Balaban J connectivity index is 1.64. The molecule has 0 spiro atoms. The summed E-state index contributed by atoms with van der Waals surface area (Å²) in [5, 5.41) is 1.82. The number of pyridine rings is 1. The zero-order valence-electron chi connectivity index (χ0n) is 19.4. The van der Waals surface area contributed by atoms with Crippen molar-refractivity contribution in [3.63, 3.8) is 0 Å². The van der Waals surface area contributed by atoms with E-state index in [4.69, 9.17) is 27.9 Å². The number of aryl methyl sites for hydroxylation is 2. The van der Waals surface area contributed by atoms with Gasteiger partial charge in [0.05, 0.1) is 27.7 Å². The van der Waals surface area contributed by atoms with Crippen molar-refractivity contribution in [3.8, 4) is 22.8 Å². The lowest BCUT2D eigenvalue weighted by Gasteiger charge is -2.17. The van der Waals surface area contributed by atoms with Crippen LogP contribution >= 0.6 is 23.2 Å². The molecule has 3 nitrogen and oxygen atoms in total. The summed E-state index contributed by atoms with van der Waals surface area (Å²) in [6, 6.07) is 29.2. The molecular weight excluding hydrogens is 477 g/mol. The van der Waals surface area contributed by atoms with E-state index in [1.165, 1.54) is 5.56 Å². The van der Waals surface area contributed by atoms with E-state index in [9.17, 15) is 4.79 Å². The third-order valence-electron chi connectivity index (χ3n) is 6.12. The van der Waals surface area contributed by atoms with Crippen LogP contribution in [0.5, 0.6) is 11.5 Å². The van der Waals surface area contributed by atoms with Crippen molar-refractivity contribution in [1.29, 1.82) is 0 Å². The first-order chi connectivity index (χ1) is 16.9. The highest BCUT2D eigenvalue weighted by atomic mass is 35.5. The van der Waals surface area contributed by atoms with Crippen LogP contribution in [0.1, 0.15) is 16.7 Å². The van der Waals surface area contributed by atoms with Crippen molar-refractivity contribution in [1.82, 2.24) is 4.57 Å². The molecule has 0 aliphatic rings. The Labute approximate surface area is 214 Å². The van der Waals surface area contributed by atoms with Crippen molar-refractivity contribution < 1.29 is 4.74 Å². The van der Waals surface area contributed by atoms with Crippen LogP contribution in [-0.4, -0.2) is 4.57 Å². The molecule has 174 valence electrons. The molecule has 0 bridgehead atoms. The summed E-state index contributed by atoms with van der Waals surface area (Å²) in [6.45, 7) is 4.54. The van der Waals surface area contributed by atoms with Crippen LogP contribution in [-0.2, 0) is 6.54 Å². The number of aromatic nitrogens is 1. The maximum atomic E-state index is 13.8. The fourth-order valence-corrected chi connectivity index (χ4v) is 4.69. The number of hydrogen-bond donors (Lipinski definition) is 0. The van der Waals surface area contributed by atoms with E-state index in [0.717, 1.165) is 39.3 Å². The molecule has 1 aromatic heterocycles. The van der Waals surface area contributed by atoms with E-state index < -0.39 is 0 Å². The van der Waals surface area contributed by atoms with Crippen molar-refractivity contribution >= 4 is 34.0 Å². The topological polar surface area (TPSA) is 31.2 Å². The van der Waals surface area contributed by atoms with Gasteiger partial charge in [-0.2, -0.15) is 0 Å². The Hall–Kier alpha value is -3.53. The van der Waals surface area contributed by atoms with Crippen LogP contribution in [0, 0.1) is 13.8 Å². The fourth-order valence-electron chi connectivity index (χ4n) is 4.28. The average Bonchev–Trinajstić information content (AvgIpc) is 2.85. The minimum atomic E-state index is -0.172. The highest BCUT2D eigenvalue weighted by Gasteiger charge is 2.16. The number of rotatable bonds is 5. The summed E-state index contributed by atoms with van der Waals surface area (Å²) in [5.74, 6) is 1.49. The van der Waals surface area contributed by atoms with Crippen molar-refractivity contribution in [2.75, 3.05) is 0 Å². The van der Waals surface area contributed by atoms with Gasteiger partial charge in [0.15, 0.2) is 0 Å². The third-order valence-corrected chi connectivity index (χ3v) is 6.93. The molecule has 5 rings (SSSR count). The van der Waals surface area contributed by atoms with E-state index in [0.29, 0.717) is 17.0 Å². The van der Waals surface area contributed by atoms with Crippen LogP contribution in [0.2, 0.25) is 10.0 Å². The lowest BCUT2D eigenvalue weighted by atomic mass is 10.0. The summed E-state index contributed by atoms with van der Waals surface area (Å²) in [6.07, 6.45) is 0. The Kier molecular flexibility index (Phi) is 6.38. The van der Waals surface area contributed by atoms with Gasteiger partial charge in [-0.1, -0.05) is 71.2 Å². The molecule has 0 amide bonds. The first-order valence-electron chi connectivity index (χ1n) is 11.3. The summed E-state index contributed by atoms with van der Waals surface area (Å²) in [5.41, 5.74) is 4.91. The van der Waals surface area contributed by atoms with Crippen molar-refractivity contribution in [2.45, 2.75) is 20.4 Å². The number of halogens is 2.